The van der Waals surface area contributed by atoms with Gasteiger partial charge in [-0.15, -0.1) is 0 Å². The highest BCUT2D eigenvalue weighted by Gasteiger charge is 2.28. The first-order valence-corrected chi connectivity index (χ1v) is 9.63. The van der Waals surface area contributed by atoms with Crippen molar-refractivity contribution < 1.29 is 13.2 Å². The third-order valence-corrected chi connectivity index (χ3v) is 5.96. The van der Waals surface area contributed by atoms with Crippen molar-refractivity contribution in [1.82, 2.24) is 14.3 Å². The molecule has 0 aliphatic carbocycles. The van der Waals surface area contributed by atoms with Gasteiger partial charge < -0.3 is 5.32 Å². The van der Waals surface area contributed by atoms with Gasteiger partial charge in [-0.05, 0) is 42.7 Å². The molecular weight excluding hydrogens is 340 g/mol. The van der Waals surface area contributed by atoms with E-state index in [0.717, 1.165) is 17.5 Å². The number of carbonyl (C=O) groups excluding carboxylic acids is 1. The number of nitrogens with one attached hydrogen (secondary N) is 1. The van der Waals surface area contributed by atoms with E-state index in [9.17, 15) is 13.2 Å². The van der Waals surface area contributed by atoms with Gasteiger partial charge in [-0.3, -0.25) is 9.78 Å². The van der Waals surface area contributed by atoms with Crippen molar-refractivity contribution in [3.63, 3.8) is 0 Å². The summed E-state index contributed by atoms with van der Waals surface area (Å²) in [6.07, 6.45) is 4.21. The lowest BCUT2D eigenvalue weighted by Gasteiger charge is -2.29. The van der Waals surface area contributed by atoms with Gasteiger partial charge in [0, 0.05) is 43.7 Å². The van der Waals surface area contributed by atoms with E-state index in [2.05, 4.69) is 15.3 Å². The Bertz CT molecular complexity index is 908. The van der Waals surface area contributed by atoms with Gasteiger partial charge in [-0.25, -0.2) is 17.7 Å². The monoisotopic (exact) mass is 360 g/mol. The average molecular weight is 360 g/mol. The molecule has 1 aliphatic rings. The van der Waals surface area contributed by atoms with Crippen LogP contribution in [0.15, 0.2) is 30.6 Å². The number of amides is 1. The van der Waals surface area contributed by atoms with Crippen molar-refractivity contribution in [3.05, 3.63) is 41.9 Å². The summed E-state index contributed by atoms with van der Waals surface area (Å²) in [5.74, 6) is 0.192. The van der Waals surface area contributed by atoms with E-state index < -0.39 is 10.0 Å². The number of nitrogens with zero attached hydrogens (tertiary/aromatic N) is 3. The molecule has 0 spiro atoms. The first-order chi connectivity index (χ1) is 11.8. The van der Waals surface area contributed by atoms with E-state index >= 15 is 0 Å². The van der Waals surface area contributed by atoms with Crippen molar-refractivity contribution in [2.75, 3.05) is 18.4 Å². The number of pyridine rings is 2. The third-order valence-electron chi connectivity index (χ3n) is 4.14. The summed E-state index contributed by atoms with van der Waals surface area (Å²) in [6, 6.07) is 5.37. The zero-order valence-corrected chi connectivity index (χ0v) is 15.0. The standard InChI is InChI=1S/C17H20N4O3S/c1-12-16(11-25(23,24)21-6-3-7-21)8-15(10-19-12)14-4-5-18-17(9-14)20-13(2)22/h4-5,8-10H,3,6-7,11H2,1-2H3,(H,18,20,22). The van der Waals surface area contributed by atoms with Crippen LogP contribution in [-0.4, -0.2) is 41.7 Å². The second kappa shape index (κ2) is 6.89. The van der Waals surface area contributed by atoms with Crippen LogP contribution in [0.1, 0.15) is 24.6 Å². The molecule has 1 saturated heterocycles. The summed E-state index contributed by atoms with van der Waals surface area (Å²) in [5.41, 5.74) is 2.98. The lowest BCUT2D eigenvalue weighted by molar-refractivity contribution is -0.114. The smallest absolute Gasteiger partial charge is 0.222 e. The lowest BCUT2D eigenvalue weighted by Crippen LogP contribution is -2.42. The molecule has 3 heterocycles. The van der Waals surface area contributed by atoms with Crippen molar-refractivity contribution in [3.8, 4) is 11.1 Å². The lowest BCUT2D eigenvalue weighted by atomic mass is 10.1. The van der Waals surface area contributed by atoms with Crippen LogP contribution in [0.2, 0.25) is 0 Å². The van der Waals surface area contributed by atoms with Crippen LogP contribution >= 0.6 is 0 Å². The predicted molar refractivity (Wildman–Crippen MR) is 95.3 cm³/mol. The maximum absolute atomic E-state index is 12.4. The zero-order valence-electron chi connectivity index (χ0n) is 14.2. The quantitative estimate of drug-likeness (QED) is 0.880. The highest BCUT2D eigenvalue weighted by atomic mass is 32.2. The first-order valence-electron chi connectivity index (χ1n) is 8.02. The average Bonchev–Trinajstić information content (AvgIpc) is 2.46. The molecule has 2 aromatic rings. The van der Waals surface area contributed by atoms with Gasteiger partial charge in [-0.1, -0.05) is 0 Å². The Morgan fingerprint density at radius 2 is 2.00 bits per heavy atom. The fourth-order valence-electron chi connectivity index (χ4n) is 2.59. The van der Waals surface area contributed by atoms with Crippen molar-refractivity contribution in [2.24, 2.45) is 0 Å². The van der Waals surface area contributed by atoms with Crippen LogP contribution < -0.4 is 5.32 Å². The molecular formula is C17H20N4O3S. The Balaban J connectivity index is 1.90. The number of sulfonamides is 1. The second-order valence-corrected chi connectivity index (χ2v) is 8.06. The normalized spacial score (nSPS) is 14.8. The molecule has 1 N–H and O–H groups in total. The number of aryl methyl sites for hydroxylation is 1. The van der Waals surface area contributed by atoms with E-state index in [4.69, 9.17) is 0 Å². The van der Waals surface area contributed by atoms with E-state index in [0.29, 0.717) is 30.2 Å². The topological polar surface area (TPSA) is 92.3 Å². The minimum absolute atomic E-state index is 0.0523. The first kappa shape index (κ1) is 17.5. The van der Waals surface area contributed by atoms with Crippen LogP contribution in [0.25, 0.3) is 11.1 Å². The van der Waals surface area contributed by atoms with Crippen molar-refractivity contribution in [2.45, 2.75) is 26.0 Å². The number of rotatable bonds is 5. The largest absolute Gasteiger partial charge is 0.311 e. The molecule has 2 aromatic heterocycles. The van der Waals surface area contributed by atoms with Gasteiger partial charge in [0.25, 0.3) is 0 Å². The summed E-state index contributed by atoms with van der Waals surface area (Å²) in [7, 11) is -3.30. The minimum Gasteiger partial charge on any atom is -0.311 e. The van der Waals surface area contributed by atoms with Crippen LogP contribution in [0.3, 0.4) is 0 Å². The maximum Gasteiger partial charge on any atom is 0.222 e. The number of aromatic nitrogens is 2. The summed E-state index contributed by atoms with van der Waals surface area (Å²) in [4.78, 5) is 19.6. The minimum atomic E-state index is -3.30. The summed E-state index contributed by atoms with van der Waals surface area (Å²) < 4.78 is 26.3. The third kappa shape index (κ3) is 4.02. The molecule has 1 aliphatic heterocycles. The molecule has 0 radical (unpaired) electrons. The predicted octanol–water partition coefficient (Wildman–Crippen LogP) is 1.95. The highest BCUT2D eigenvalue weighted by Crippen LogP contribution is 2.25. The Labute approximate surface area is 147 Å². The molecule has 0 saturated carbocycles. The fourth-order valence-corrected chi connectivity index (χ4v) is 4.28. The van der Waals surface area contributed by atoms with Gasteiger partial charge in [0.2, 0.25) is 15.9 Å². The van der Waals surface area contributed by atoms with Crippen LogP contribution in [0.5, 0.6) is 0 Å². The molecule has 132 valence electrons. The maximum atomic E-state index is 12.4. The van der Waals surface area contributed by atoms with Crippen LogP contribution in [0, 0.1) is 6.92 Å². The highest BCUT2D eigenvalue weighted by molar-refractivity contribution is 7.88. The van der Waals surface area contributed by atoms with Crippen LogP contribution in [-0.2, 0) is 20.6 Å². The van der Waals surface area contributed by atoms with Gasteiger partial charge in [0.15, 0.2) is 0 Å². The molecule has 0 bridgehead atoms. The Morgan fingerprint density at radius 1 is 1.24 bits per heavy atom. The number of hydrogen-bond donors (Lipinski definition) is 1. The Kier molecular flexibility index (Phi) is 4.82. The summed E-state index contributed by atoms with van der Waals surface area (Å²) in [6.45, 7) is 4.42. The number of carbonyl (C=O) groups is 1. The zero-order chi connectivity index (χ0) is 18.0. The van der Waals surface area contributed by atoms with E-state index in [1.807, 2.05) is 6.07 Å². The SMILES string of the molecule is CC(=O)Nc1cc(-c2cnc(C)c(CS(=O)(=O)N3CCC3)c2)ccn1. The molecule has 1 fully saturated rings. The van der Waals surface area contributed by atoms with E-state index in [-0.39, 0.29) is 11.7 Å². The van der Waals surface area contributed by atoms with Gasteiger partial charge in [0.05, 0.1) is 5.75 Å². The second-order valence-electron chi connectivity index (χ2n) is 6.09. The molecule has 1 amide bonds. The summed E-state index contributed by atoms with van der Waals surface area (Å²) >= 11 is 0. The van der Waals surface area contributed by atoms with Crippen LogP contribution in [0.4, 0.5) is 5.82 Å². The summed E-state index contributed by atoms with van der Waals surface area (Å²) in [5, 5.41) is 2.64. The van der Waals surface area contributed by atoms with Gasteiger partial charge in [-0.2, -0.15) is 0 Å². The molecule has 0 atom stereocenters. The van der Waals surface area contributed by atoms with Crippen molar-refractivity contribution in [1.29, 1.82) is 0 Å². The molecule has 3 rings (SSSR count). The molecule has 0 unspecified atom stereocenters. The Morgan fingerprint density at radius 3 is 2.64 bits per heavy atom. The molecule has 0 aromatic carbocycles. The fraction of sp³-hybridized carbons (Fsp3) is 0.353. The van der Waals surface area contributed by atoms with E-state index in [1.165, 1.54) is 11.2 Å². The molecule has 8 heteroatoms. The Hall–Kier alpha value is -2.32. The molecule has 7 nitrogen and oxygen atoms in total. The van der Waals surface area contributed by atoms with Crippen molar-refractivity contribution >= 4 is 21.7 Å². The van der Waals surface area contributed by atoms with Gasteiger partial charge in [0.1, 0.15) is 5.82 Å². The van der Waals surface area contributed by atoms with E-state index in [1.54, 1.807) is 31.5 Å². The van der Waals surface area contributed by atoms with Gasteiger partial charge >= 0.3 is 0 Å². The number of anilines is 1. The molecule has 25 heavy (non-hydrogen) atoms. The number of hydrogen-bond acceptors (Lipinski definition) is 5.